The molecule has 0 aliphatic carbocycles. The molecular weight excluding hydrogens is 420 g/mol. The van der Waals surface area contributed by atoms with Crippen LogP contribution < -0.4 is 10.1 Å². The van der Waals surface area contributed by atoms with Crippen LogP contribution in [0, 0.1) is 0 Å². The third-order valence-electron chi connectivity index (χ3n) is 3.45. The van der Waals surface area contributed by atoms with Crippen LogP contribution in [-0.2, 0) is 10.0 Å². The molecule has 2 rings (SSSR count). The Kier molecular flexibility index (Phi) is 6.44. The van der Waals surface area contributed by atoms with E-state index >= 15 is 0 Å². The van der Waals surface area contributed by atoms with Crippen molar-refractivity contribution in [1.29, 1.82) is 0 Å². The van der Waals surface area contributed by atoms with Crippen LogP contribution in [0.1, 0.15) is 24.2 Å². The fourth-order valence-corrected chi connectivity index (χ4v) is 4.00. The zero-order valence-corrected chi connectivity index (χ0v) is 17.4. The van der Waals surface area contributed by atoms with E-state index in [1.54, 1.807) is 30.3 Å². The third kappa shape index (κ3) is 4.63. The molecule has 0 unspecified atom stereocenters. The number of halogens is 1. The van der Waals surface area contributed by atoms with Crippen molar-refractivity contribution < 1.29 is 17.9 Å². The first-order valence-electron chi connectivity index (χ1n) is 7.92. The monoisotopic (exact) mass is 440 g/mol. The van der Waals surface area contributed by atoms with E-state index in [0.29, 0.717) is 15.9 Å². The van der Waals surface area contributed by atoms with Gasteiger partial charge in [0.15, 0.2) is 0 Å². The molecule has 0 atom stereocenters. The molecule has 0 saturated heterocycles. The lowest BCUT2D eigenvalue weighted by Gasteiger charge is -2.16. The molecule has 1 amide bonds. The summed E-state index contributed by atoms with van der Waals surface area (Å²) in [5.74, 6) is 0.126. The molecule has 140 valence electrons. The maximum absolute atomic E-state index is 12.6. The Balaban J connectivity index is 2.35. The van der Waals surface area contributed by atoms with Gasteiger partial charge in [0.1, 0.15) is 5.75 Å². The highest BCUT2D eigenvalue weighted by atomic mass is 79.9. The van der Waals surface area contributed by atoms with Crippen molar-refractivity contribution in [2.75, 3.05) is 19.4 Å². The highest BCUT2D eigenvalue weighted by molar-refractivity contribution is 9.10. The average Bonchev–Trinajstić information content (AvgIpc) is 2.56. The molecule has 6 nitrogen and oxygen atoms in total. The van der Waals surface area contributed by atoms with Crippen LogP contribution in [-0.4, -0.2) is 38.8 Å². The van der Waals surface area contributed by atoms with Gasteiger partial charge >= 0.3 is 0 Å². The van der Waals surface area contributed by atoms with Crippen LogP contribution in [0.5, 0.6) is 5.75 Å². The van der Waals surface area contributed by atoms with E-state index < -0.39 is 15.9 Å². The Morgan fingerprint density at radius 2 is 1.81 bits per heavy atom. The Labute approximate surface area is 162 Å². The maximum atomic E-state index is 12.6. The number of amides is 1. The van der Waals surface area contributed by atoms with Gasteiger partial charge in [-0.15, -0.1) is 0 Å². The van der Waals surface area contributed by atoms with Crippen LogP contribution in [0.25, 0.3) is 0 Å². The average molecular weight is 441 g/mol. The Morgan fingerprint density at radius 3 is 2.42 bits per heavy atom. The number of hydrogen-bond acceptors (Lipinski definition) is 4. The normalized spacial score (nSPS) is 11.7. The molecule has 26 heavy (non-hydrogen) atoms. The van der Waals surface area contributed by atoms with Crippen molar-refractivity contribution >= 4 is 37.5 Å². The summed E-state index contributed by atoms with van der Waals surface area (Å²) in [6.45, 7) is 3.79. The Hall–Kier alpha value is -1.90. The van der Waals surface area contributed by atoms with Gasteiger partial charge in [-0.3, -0.25) is 4.79 Å². The molecule has 1 N–H and O–H groups in total. The fourth-order valence-electron chi connectivity index (χ4n) is 2.16. The smallest absolute Gasteiger partial charge is 0.255 e. The lowest BCUT2D eigenvalue weighted by Crippen LogP contribution is -2.23. The van der Waals surface area contributed by atoms with Gasteiger partial charge in [0.05, 0.1) is 16.7 Å². The van der Waals surface area contributed by atoms with Crippen LogP contribution in [0.3, 0.4) is 0 Å². The summed E-state index contributed by atoms with van der Waals surface area (Å²) >= 11 is 3.23. The highest BCUT2D eigenvalue weighted by Crippen LogP contribution is 2.28. The summed E-state index contributed by atoms with van der Waals surface area (Å²) in [6.07, 6.45) is -0.0439. The number of sulfonamides is 1. The van der Waals surface area contributed by atoms with Crippen LogP contribution in [0.2, 0.25) is 0 Å². The van der Waals surface area contributed by atoms with Crippen molar-refractivity contribution in [3.8, 4) is 5.75 Å². The topological polar surface area (TPSA) is 75.7 Å². The van der Waals surface area contributed by atoms with Gasteiger partial charge in [-0.05, 0) is 60.1 Å². The molecule has 2 aromatic rings. The number of ether oxygens (including phenoxy) is 1. The van der Waals surface area contributed by atoms with E-state index in [1.807, 2.05) is 19.9 Å². The number of benzene rings is 2. The summed E-state index contributed by atoms with van der Waals surface area (Å²) in [4.78, 5) is 12.7. The second-order valence-corrected chi connectivity index (χ2v) is 9.02. The lowest BCUT2D eigenvalue weighted by atomic mass is 10.2. The second-order valence-electron chi connectivity index (χ2n) is 6.05. The summed E-state index contributed by atoms with van der Waals surface area (Å²) < 4.78 is 32.0. The number of carbonyl (C=O) groups is 1. The molecule has 0 aromatic heterocycles. The van der Waals surface area contributed by atoms with Gasteiger partial charge in [0, 0.05) is 24.1 Å². The van der Waals surface area contributed by atoms with Crippen molar-refractivity contribution in [2.24, 2.45) is 0 Å². The molecule has 0 heterocycles. The van der Waals surface area contributed by atoms with Crippen molar-refractivity contribution in [1.82, 2.24) is 4.31 Å². The molecule has 0 radical (unpaired) electrons. The van der Waals surface area contributed by atoms with Gasteiger partial charge in [-0.2, -0.15) is 0 Å². The van der Waals surface area contributed by atoms with E-state index in [0.717, 1.165) is 4.31 Å². The van der Waals surface area contributed by atoms with Crippen molar-refractivity contribution in [2.45, 2.75) is 24.8 Å². The van der Waals surface area contributed by atoms with Crippen LogP contribution in [0.15, 0.2) is 51.8 Å². The molecule has 0 bridgehead atoms. The van der Waals surface area contributed by atoms with Gasteiger partial charge in [0.2, 0.25) is 10.0 Å². The standard InChI is InChI=1S/C18H21BrN2O4S/c1-12(2)25-16-8-6-5-7-15(16)20-18(22)13-9-10-14(19)17(11-13)26(23,24)21(3)4/h5-12H,1-4H3,(H,20,22). The van der Waals surface area contributed by atoms with E-state index in [9.17, 15) is 13.2 Å². The molecule has 2 aromatic carbocycles. The number of carbonyl (C=O) groups excluding carboxylic acids is 1. The summed E-state index contributed by atoms with van der Waals surface area (Å²) in [5, 5.41) is 2.77. The van der Waals surface area contributed by atoms with Crippen molar-refractivity contribution in [3.63, 3.8) is 0 Å². The minimum atomic E-state index is -3.68. The summed E-state index contributed by atoms with van der Waals surface area (Å²) in [6, 6.07) is 11.5. The van der Waals surface area contributed by atoms with Crippen LogP contribution in [0.4, 0.5) is 5.69 Å². The maximum Gasteiger partial charge on any atom is 0.255 e. The van der Waals surface area contributed by atoms with E-state index in [2.05, 4.69) is 21.2 Å². The Morgan fingerprint density at radius 1 is 1.15 bits per heavy atom. The van der Waals surface area contributed by atoms with Crippen molar-refractivity contribution in [3.05, 3.63) is 52.5 Å². The molecule has 0 saturated carbocycles. The predicted molar refractivity (Wildman–Crippen MR) is 105 cm³/mol. The first-order chi connectivity index (χ1) is 12.1. The molecule has 0 spiro atoms. The first kappa shape index (κ1) is 20.4. The van der Waals surface area contributed by atoms with E-state index in [1.165, 1.54) is 20.2 Å². The SMILES string of the molecule is CC(C)Oc1ccccc1NC(=O)c1ccc(Br)c(S(=O)(=O)N(C)C)c1. The Bertz CT molecular complexity index is 911. The number of nitrogens with zero attached hydrogens (tertiary/aromatic N) is 1. The van der Waals surface area contributed by atoms with Gasteiger partial charge < -0.3 is 10.1 Å². The third-order valence-corrected chi connectivity index (χ3v) is 6.26. The zero-order chi connectivity index (χ0) is 19.5. The predicted octanol–water partition coefficient (Wildman–Crippen LogP) is 3.74. The number of anilines is 1. The van der Waals surface area contributed by atoms with Gasteiger partial charge in [0.25, 0.3) is 5.91 Å². The number of rotatable bonds is 6. The minimum absolute atomic E-state index is 0.0295. The number of para-hydroxylation sites is 2. The number of nitrogens with one attached hydrogen (secondary N) is 1. The second kappa shape index (κ2) is 8.20. The van der Waals surface area contributed by atoms with E-state index in [-0.39, 0.29) is 16.6 Å². The van der Waals surface area contributed by atoms with E-state index in [4.69, 9.17) is 4.74 Å². The summed E-state index contributed by atoms with van der Waals surface area (Å²) in [5.41, 5.74) is 0.749. The molecular formula is C18H21BrN2O4S. The zero-order valence-electron chi connectivity index (χ0n) is 15.0. The molecule has 0 aliphatic heterocycles. The lowest BCUT2D eigenvalue weighted by molar-refractivity contribution is 0.102. The largest absolute Gasteiger partial charge is 0.489 e. The quantitative estimate of drug-likeness (QED) is 0.741. The molecule has 0 fully saturated rings. The van der Waals surface area contributed by atoms with Crippen LogP contribution >= 0.6 is 15.9 Å². The molecule has 8 heteroatoms. The number of hydrogen-bond donors (Lipinski definition) is 1. The van der Waals surface area contributed by atoms with Gasteiger partial charge in [-0.1, -0.05) is 12.1 Å². The molecule has 0 aliphatic rings. The summed E-state index contributed by atoms with van der Waals surface area (Å²) in [7, 11) is -0.802. The van der Waals surface area contributed by atoms with Gasteiger partial charge in [-0.25, -0.2) is 12.7 Å². The first-order valence-corrected chi connectivity index (χ1v) is 10.2. The highest BCUT2D eigenvalue weighted by Gasteiger charge is 2.22. The minimum Gasteiger partial charge on any atom is -0.489 e. The fraction of sp³-hybridized carbons (Fsp3) is 0.278.